The van der Waals surface area contributed by atoms with E-state index in [2.05, 4.69) is 0 Å². The average Bonchev–Trinajstić information content (AvgIpc) is 2.67. The van der Waals surface area contributed by atoms with Gasteiger partial charge in [0.15, 0.2) is 6.29 Å². The molecule has 0 radical (unpaired) electrons. The zero-order valence-corrected chi connectivity index (χ0v) is 12.1. The van der Waals surface area contributed by atoms with Crippen LogP contribution < -0.4 is 0 Å². The first-order valence-electron chi connectivity index (χ1n) is 6.04. The van der Waals surface area contributed by atoms with Gasteiger partial charge in [0.2, 0.25) is 0 Å². The summed E-state index contributed by atoms with van der Waals surface area (Å²) in [6.45, 7) is 5.92. The molecule has 0 N–H and O–H groups in total. The standard InChI is InChI=1S/C13H18O5S/c1-10-4-6-11(7-5-10)19(14,15)17-8-12-16-9-13(2,3)18-12/h4-7,12H,8-9H2,1-3H3. The molecule has 0 bridgehead atoms. The van der Waals surface area contributed by atoms with Crippen molar-refractivity contribution in [2.24, 2.45) is 0 Å². The van der Waals surface area contributed by atoms with E-state index in [4.69, 9.17) is 13.7 Å². The molecule has 1 aromatic rings. The van der Waals surface area contributed by atoms with E-state index in [1.807, 2.05) is 20.8 Å². The topological polar surface area (TPSA) is 61.8 Å². The van der Waals surface area contributed by atoms with Crippen LogP contribution in [-0.4, -0.2) is 33.5 Å². The third-order valence-corrected chi connectivity index (χ3v) is 4.03. The fourth-order valence-corrected chi connectivity index (χ4v) is 2.61. The van der Waals surface area contributed by atoms with E-state index in [0.29, 0.717) is 6.61 Å². The normalized spacial score (nSPS) is 22.6. The lowest BCUT2D eigenvalue weighted by Gasteiger charge is -2.15. The molecule has 106 valence electrons. The molecule has 1 atom stereocenters. The van der Waals surface area contributed by atoms with Crippen LogP contribution in [0.3, 0.4) is 0 Å². The van der Waals surface area contributed by atoms with Gasteiger partial charge >= 0.3 is 0 Å². The molecular weight excluding hydrogens is 268 g/mol. The van der Waals surface area contributed by atoms with Crippen LogP contribution in [-0.2, 0) is 23.8 Å². The second-order valence-corrected chi connectivity index (χ2v) is 6.79. The molecule has 0 aromatic heterocycles. The Kier molecular flexibility index (Phi) is 3.96. The Balaban J connectivity index is 1.97. The highest BCUT2D eigenvalue weighted by atomic mass is 32.2. The van der Waals surface area contributed by atoms with Gasteiger partial charge < -0.3 is 9.47 Å². The molecule has 1 heterocycles. The molecule has 5 nitrogen and oxygen atoms in total. The zero-order valence-electron chi connectivity index (χ0n) is 11.3. The van der Waals surface area contributed by atoms with E-state index in [9.17, 15) is 8.42 Å². The fourth-order valence-electron chi connectivity index (χ4n) is 1.72. The van der Waals surface area contributed by atoms with Gasteiger partial charge in [-0.3, -0.25) is 4.18 Å². The summed E-state index contributed by atoms with van der Waals surface area (Å²) < 4.78 is 39.6. The van der Waals surface area contributed by atoms with Crippen LogP contribution in [0.15, 0.2) is 29.2 Å². The highest BCUT2D eigenvalue weighted by Gasteiger charge is 2.33. The summed E-state index contributed by atoms with van der Waals surface area (Å²) >= 11 is 0. The second kappa shape index (κ2) is 5.20. The van der Waals surface area contributed by atoms with Gasteiger partial charge in [0, 0.05) is 0 Å². The van der Waals surface area contributed by atoms with E-state index >= 15 is 0 Å². The number of ether oxygens (including phenoxy) is 2. The van der Waals surface area contributed by atoms with E-state index in [0.717, 1.165) is 5.56 Å². The largest absolute Gasteiger partial charge is 0.347 e. The summed E-state index contributed by atoms with van der Waals surface area (Å²) in [7, 11) is -3.76. The molecule has 6 heteroatoms. The molecule has 0 aliphatic carbocycles. The Morgan fingerprint density at radius 2 is 1.95 bits per heavy atom. The monoisotopic (exact) mass is 286 g/mol. The molecule has 1 aliphatic rings. The minimum Gasteiger partial charge on any atom is -0.347 e. The number of hydrogen-bond acceptors (Lipinski definition) is 5. The van der Waals surface area contributed by atoms with Crippen LogP contribution in [0, 0.1) is 6.92 Å². The fraction of sp³-hybridized carbons (Fsp3) is 0.538. The number of aryl methyl sites for hydroxylation is 1. The molecule has 1 aliphatic heterocycles. The minimum absolute atomic E-state index is 0.135. The zero-order chi connectivity index (χ0) is 14.1. The maximum absolute atomic E-state index is 11.9. The van der Waals surface area contributed by atoms with E-state index in [1.54, 1.807) is 12.1 Å². The SMILES string of the molecule is Cc1ccc(S(=O)(=O)OCC2OCC(C)(C)O2)cc1. The van der Waals surface area contributed by atoms with Gasteiger partial charge in [0.1, 0.15) is 6.61 Å². The van der Waals surface area contributed by atoms with Crippen molar-refractivity contribution >= 4 is 10.1 Å². The Morgan fingerprint density at radius 1 is 1.32 bits per heavy atom. The van der Waals surface area contributed by atoms with Gasteiger partial charge in [-0.05, 0) is 32.9 Å². The van der Waals surface area contributed by atoms with Crippen LogP contribution in [0.5, 0.6) is 0 Å². The van der Waals surface area contributed by atoms with Gasteiger partial charge in [0.25, 0.3) is 10.1 Å². The first-order chi connectivity index (χ1) is 8.78. The quantitative estimate of drug-likeness (QED) is 0.790. The summed E-state index contributed by atoms with van der Waals surface area (Å²) in [5.74, 6) is 0. The molecule has 1 aromatic carbocycles. The lowest BCUT2D eigenvalue weighted by Crippen LogP contribution is -2.25. The number of benzene rings is 1. The molecule has 1 fully saturated rings. The maximum Gasteiger partial charge on any atom is 0.297 e. The third-order valence-electron chi connectivity index (χ3n) is 2.74. The van der Waals surface area contributed by atoms with Crippen LogP contribution in [0.4, 0.5) is 0 Å². The van der Waals surface area contributed by atoms with Crippen molar-refractivity contribution in [1.29, 1.82) is 0 Å². The van der Waals surface area contributed by atoms with Crippen molar-refractivity contribution < 1.29 is 22.1 Å². The smallest absolute Gasteiger partial charge is 0.297 e. The van der Waals surface area contributed by atoms with Gasteiger partial charge in [-0.1, -0.05) is 17.7 Å². The first-order valence-corrected chi connectivity index (χ1v) is 7.45. The second-order valence-electron chi connectivity index (χ2n) is 5.17. The summed E-state index contributed by atoms with van der Waals surface area (Å²) in [5.41, 5.74) is 0.588. The van der Waals surface area contributed by atoms with Crippen molar-refractivity contribution in [2.45, 2.75) is 37.6 Å². The minimum atomic E-state index is -3.76. The van der Waals surface area contributed by atoms with Gasteiger partial charge in [-0.2, -0.15) is 8.42 Å². The summed E-state index contributed by atoms with van der Waals surface area (Å²) in [5, 5.41) is 0. The number of hydrogen-bond donors (Lipinski definition) is 0. The molecular formula is C13H18O5S. The van der Waals surface area contributed by atoms with Crippen LogP contribution in [0.1, 0.15) is 19.4 Å². The van der Waals surface area contributed by atoms with Gasteiger partial charge in [-0.15, -0.1) is 0 Å². The Labute approximate surface area is 113 Å². The molecule has 0 saturated carbocycles. The third kappa shape index (κ3) is 3.76. The lowest BCUT2D eigenvalue weighted by molar-refractivity contribution is -0.0981. The van der Waals surface area contributed by atoms with Crippen molar-refractivity contribution in [3.8, 4) is 0 Å². The van der Waals surface area contributed by atoms with E-state index in [1.165, 1.54) is 12.1 Å². The molecule has 19 heavy (non-hydrogen) atoms. The highest BCUT2D eigenvalue weighted by Crippen LogP contribution is 2.23. The Bertz CT molecular complexity index is 533. The Morgan fingerprint density at radius 3 is 2.47 bits per heavy atom. The summed E-state index contributed by atoms with van der Waals surface area (Å²) in [6, 6.07) is 6.49. The number of rotatable bonds is 4. The first kappa shape index (κ1) is 14.5. The summed E-state index contributed by atoms with van der Waals surface area (Å²) in [6.07, 6.45) is -0.643. The van der Waals surface area contributed by atoms with Gasteiger partial charge in [0.05, 0.1) is 17.1 Å². The average molecular weight is 286 g/mol. The van der Waals surface area contributed by atoms with Crippen molar-refractivity contribution in [3.05, 3.63) is 29.8 Å². The molecule has 1 unspecified atom stereocenters. The van der Waals surface area contributed by atoms with E-state index < -0.39 is 22.0 Å². The predicted octanol–water partition coefficient (Wildman–Crippen LogP) is 1.85. The van der Waals surface area contributed by atoms with Crippen molar-refractivity contribution in [3.63, 3.8) is 0 Å². The van der Waals surface area contributed by atoms with Gasteiger partial charge in [-0.25, -0.2) is 0 Å². The van der Waals surface area contributed by atoms with Crippen molar-refractivity contribution in [2.75, 3.05) is 13.2 Å². The van der Waals surface area contributed by atoms with Crippen LogP contribution in [0.2, 0.25) is 0 Å². The molecule has 2 rings (SSSR count). The van der Waals surface area contributed by atoms with Crippen molar-refractivity contribution in [1.82, 2.24) is 0 Å². The molecule has 0 spiro atoms. The highest BCUT2D eigenvalue weighted by molar-refractivity contribution is 7.86. The van der Waals surface area contributed by atoms with Crippen LogP contribution in [0.25, 0.3) is 0 Å². The molecule has 1 saturated heterocycles. The predicted molar refractivity (Wildman–Crippen MR) is 69.2 cm³/mol. The lowest BCUT2D eigenvalue weighted by atomic mass is 10.2. The van der Waals surface area contributed by atoms with E-state index in [-0.39, 0.29) is 11.5 Å². The molecule has 0 amide bonds. The Hall–Kier alpha value is -0.950. The summed E-state index contributed by atoms with van der Waals surface area (Å²) in [4.78, 5) is 0.135. The maximum atomic E-state index is 11.9. The van der Waals surface area contributed by atoms with Crippen LogP contribution >= 0.6 is 0 Å².